The van der Waals surface area contributed by atoms with Crippen LogP contribution in [0.15, 0.2) is 0 Å². The molecule has 2 aliphatic rings. The van der Waals surface area contributed by atoms with Crippen LogP contribution in [-0.2, 0) is 14.2 Å². The van der Waals surface area contributed by atoms with Gasteiger partial charge < -0.3 is 55.1 Å². The predicted octanol–water partition coefficient (Wildman–Crippen LogP) is -5.40. The Bertz CT molecular complexity index is 378. The minimum Gasteiger partial charge on any atom is -0.394 e. The number of hydrogen-bond acceptors (Lipinski definition) is 11. The van der Waals surface area contributed by atoms with E-state index in [4.69, 9.17) is 19.3 Å². The molecule has 23 heavy (non-hydrogen) atoms. The van der Waals surface area contributed by atoms with Gasteiger partial charge in [0.1, 0.15) is 48.8 Å². The maximum atomic E-state index is 9.94. The van der Waals surface area contributed by atoms with Crippen molar-refractivity contribution < 1.29 is 55.1 Å². The fourth-order valence-corrected chi connectivity index (χ4v) is 2.57. The number of hydrogen-bond donors (Lipinski definition) is 8. The minimum absolute atomic E-state index is 0.667. The molecule has 8 N–H and O–H groups in total. The van der Waals surface area contributed by atoms with Crippen LogP contribution in [0, 0.1) is 0 Å². The van der Waals surface area contributed by atoms with Gasteiger partial charge in [-0.3, -0.25) is 0 Å². The normalized spacial score (nSPS) is 51.7. The molecule has 0 aromatic carbocycles. The Kier molecular flexibility index (Phi) is 6.27. The van der Waals surface area contributed by atoms with E-state index in [1.165, 1.54) is 0 Å². The molecule has 1 unspecified atom stereocenters. The van der Waals surface area contributed by atoms with Crippen LogP contribution in [0.4, 0.5) is 0 Å². The number of aliphatic hydroxyl groups is 8. The largest absolute Gasteiger partial charge is 0.394 e. The lowest BCUT2D eigenvalue weighted by atomic mass is 9.99. The average molecular weight is 344 g/mol. The van der Waals surface area contributed by atoms with E-state index in [0.29, 0.717) is 0 Å². The van der Waals surface area contributed by atoms with E-state index in [1.54, 1.807) is 0 Å². The molecule has 2 aliphatic heterocycles. The zero-order valence-electron chi connectivity index (χ0n) is 12.0. The van der Waals surface area contributed by atoms with Crippen LogP contribution in [0.3, 0.4) is 0 Å². The first kappa shape index (κ1) is 18.9. The van der Waals surface area contributed by atoms with Crippen molar-refractivity contribution in [3.63, 3.8) is 0 Å². The summed E-state index contributed by atoms with van der Waals surface area (Å²) in [4.78, 5) is 0. The van der Waals surface area contributed by atoms with E-state index in [0.717, 1.165) is 0 Å². The molecule has 2 saturated heterocycles. The zero-order valence-corrected chi connectivity index (χ0v) is 12.0. The molecule has 0 radical (unpaired) electrons. The first-order valence-electron chi connectivity index (χ1n) is 7.08. The molecule has 11 nitrogen and oxygen atoms in total. The standard InChI is InChI=1S/C12H22O11/c13-1-3-5(15)6(16)9(19)12(22-3)23-10-4(2-14)21-11(20)8(18)7(10)17/h3-20H,1-2H2/t3-,4-,5+,6+,7-,8-,9-,10-,11?,12+/m1/s1/i11+2. The highest BCUT2D eigenvalue weighted by molar-refractivity contribution is 4.93. The van der Waals surface area contributed by atoms with Gasteiger partial charge in [0.15, 0.2) is 12.6 Å². The summed E-state index contributed by atoms with van der Waals surface area (Å²) in [5, 5.41) is 76.5. The molecule has 0 saturated carbocycles. The van der Waals surface area contributed by atoms with Gasteiger partial charge in [0.05, 0.1) is 13.2 Å². The van der Waals surface area contributed by atoms with Crippen LogP contribution < -0.4 is 0 Å². The third-order valence-corrected chi connectivity index (χ3v) is 3.98. The van der Waals surface area contributed by atoms with Crippen molar-refractivity contribution in [2.45, 2.75) is 61.4 Å². The van der Waals surface area contributed by atoms with E-state index < -0.39 is 74.6 Å². The van der Waals surface area contributed by atoms with Crippen LogP contribution in [0.1, 0.15) is 0 Å². The highest BCUT2D eigenvalue weighted by atomic mass is 16.9. The van der Waals surface area contributed by atoms with E-state index in [1.807, 2.05) is 0 Å². The Labute approximate surface area is 130 Å². The van der Waals surface area contributed by atoms with Crippen LogP contribution in [0.25, 0.3) is 0 Å². The summed E-state index contributed by atoms with van der Waals surface area (Å²) in [6.07, 6.45) is -15.6. The Morgan fingerprint density at radius 3 is 2.00 bits per heavy atom. The van der Waals surface area contributed by atoms with Crippen molar-refractivity contribution in [2.24, 2.45) is 0 Å². The van der Waals surface area contributed by atoms with Gasteiger partial charge in [-0.2, -0.15) is 0 Å². The lowest BCUT2D eigenvalue weighted by Gasteiger charge is -2.45. The number of rotatable bonds is 4. The van der Waals surface area contributed by atoms with Gasteiger partial charge in [-0.25, -0.2) is 0 Å². The lowest BCUT2D eigenvalue weighted by Crippen LogP contribution is -2.64. The second kappa shape index (κ2) is 7.63. The SMILES string of the molecule is OC[C@H]1O[C@@H](O[C@H]2[C@H](O)[C@@H](O)[14CH](O)O[C@@H]2CO)[C@H](O)[C@@H](O)[C@H]1O. The van der Waals surface area contributed by atoms with Gasteiger partial charge in [0, 0.05) is 0 Å². The molecule has 11 heteroatoms. The van der Waals surface area contributed by atoms with Gasteiger partial charge in [0.25, 0.3) is 0 Å². The van der Waals surface area contributed by atoms with Crippen molar-refractivity contribution >= 4 is 0 Å². The first-order chi connectivity index (χ1) is 10.8. The van der Waals surface area contributed by atoms with Gasteiger partial charge in [-0.15, -0.1) is 0 Å². The quantitative estimate of drug-likeness (QED) is 0.243. The third-order valence-electron chi connectivity index (χ3n) is 3.98. The molecule has 2 rings (SSSR count). The molecule has 0 aromatic heterocycles. The second-order valence-corrected chi connectivity index (χ2v) is 5.53. The Morgan fingerprint density at radius 1 is 0.826 bits per heavy atom. The van der Waals surface area contributed by atoms with Crippen LogP contribution >= 0.6 is 0 Å². The summed E-state index contributed by atoms with van der Waals surface area (Å²) in [7, 11) is 0. The van der Waals surface area contributed by atoms with Crippen molar-refractivity contribution in [2.75, 3.05) is 13.2 Å². The van der Waals surface area contributed by atoms with Crippen LogP contribution in [-0.4, -0.2) is 115 Å². The van der Waals surface area contributed by atoms with Crippen LogP contribution in [0.2, 0.25) is 0 Å². The summed E-state index contributed by atoms with van der Waals surface area (Å²) in [5.74, 6) is 0. The van der Waals surface area contributed by atoms with Gasteiger partial charge in [0.2, 0.25) is 0 Å². The highest BCUT2D eigenvalue weighted by Crippen LogP contribution is 2.28. The van der Waals surface area contributed by atoms with Gasteiger partial charge in [-0.1, -0.05) is 0 Å². The summed E-state index contributed by atoms with van der Waals surface area (Å²) >= 11 is 0. The van der Waals surface area contributed by atoms with Gasteiger partial charge >= 0.3 is 0 Å². The zero-order chi connectivity index (χ0) is 17.3. The van der Waals surface area contributed by atoms with E-state index >= 15 is 0 Å². The topological polar surface area (TPSA) is 190 Å². The third kappa shape index (κ3) is 3.65. The maximum absolute atomic E-state index is 9.94. The summed E-state index contributed by atoms with van der Waals surface area (Å²) in [5.41, 5.74) is 0. The summed E-state index contributed by atoms with van der Waals surface area (Å²) < 4.78 is 15.3. The van der Waals surface area contributed by atoms with Crippen molar-refractivity contribution in [1.82, 2.24) is 0 Å². The molecule has 2 heterocycles. The smallest absolute Gasteiger partial charge is 0.187 e. The maximum Gasteiger partial charge on any atom is 0.187 e. The van der Waals surface area contributed by atoms with Crippen molar-refractivity contribution in [1.29, 1.82) is 0 Å². The first-order valence-corrected chi connectivity index (χ1v) is 7.08. The molecule has 0 aromatic rings. The fraction of sp³-hybridized carbons (Fsp3) is 1.00. The molecule has 0 aliphatic carbocycles. The summed E-state index contributed by atoms with van der Waals surface area (Å²) in [6.45, 7) is -1.35. The van der Waals surface area contributed by atoms with E-state index in [-0.39, 0.29) is 0 Å². The van der Waals surface area contributed by atoms with Crippen molar-refractivity contribution in [3.05, 3.63) is 0 Å². The Morgan fingerprint density at radius 2 is 1.43 bits per heavy atom. The van der Waals surface area contributed by atoms with E-state index in [2.05, 4.69) is 0 Å². The van der Waals surface area contributed by atoms with Crippen molar-refractivity contribution in [3.8, 4) is 0 Å². The molecule has 2 fully saturated rings. The molecule has 0 bridgehead atoms. The van der Waals surface area contributed by atoms with Gasteiger partial charge in [-0.05, 0) is 0 Å². The average Bonchev–Trinajstić information content (AvgIpc) is 2.55. The number of aliphatic hydroxyl groups excluding tert-OH is 8. The predicted molar refractivity (Wildman–Crippen MR) is 68.6 cm³/mol. The molecule has 136 valence electrons. The van der Waals surface area contributed by atoms with Crippen LogP contribution in [0.5, 0.6) is 0 Å². The highest BCUT2D eigenvalue weighted by Gasteiger charge is 2.50. The second-order valence-electron chi connectivity index (χ2n) is 5.53. The molecular formula is C12H22O11. The summed E-state index contributed by atoms with van der Waals surface area (Å²) in [6, 6.07) is 0. The lowest BCUT2D eigenvalue weighted by molar-refractivity contribution is -0.355. The molecular weight excluding hydrogens is 322 g/mol. The molecule has 10 atom stereocenters. The monoisotopic (exact) mass is 344 g/mol. The van der Waals surface area contributed by atoms with E-state index in [9.17, 15) is 35.7 Å². The fourth-order valence-electron chi connectivity index (χ4n) is 2.57. The minimum atomic E-state index is -1.74. The molecule has 0 amide bonds. The Balaban J connectivity index is 2.11. The number of ether oxygens (including phenoxy) is 3. The Hall–Kier alpha value is -0.440. The molecule has 0 spiro atoms.